The van der Waals surface area contributed by atoms with E-state index in [9.17, 15) is 13.2 Å². The number of alkyl halides is 3. The van der Waals surface area contributed by atoms with E-state index < -0.39 is 12.1 Å². The van der Waals surface area contributed by atoms with E-state index in [1.165, 1.54) is 25.7 Å². The van der Waals surface area contributed by atoms with Crippen molar-refractivity contribution in [2.45, 2.75) is 70.5 Å². The summed E-state index contributed by atoms with van der Waals surface area (Å²) in [5.74, 6) is 0.311. The number of nitrogens with one attached hydrogen (secondary N) is 1. The normalized spacial score (nSPS) is 37.3. The van der Waals surface area contributed by atoms with E-state index in [2.05, 4.69) is 12.2 Å². The largest absolute Gasteiger partial charge is 0.391 e. The fourth-order valence-electron chi connectivity index (χ4n) is 3.69. The van der Waals surface area contributed by atoms with Crippen LogP contribution in [0.5, 0.6) is 0 Å². The smallest absolute Gasteiger partial charge is 0.314 e. The first kappa shape index (κ1) is 15.1. The molecule has 2 rings (SSSR count). The van der Waals surface area contributed by atoms with Gasteiger partial charge in [-0.3, -0.25) is 0 Å². The van der Waals surface area contributed by atoms with Crippen LogP contribution >= 0.6 is 0 Å². The summed E-state index contributed by atoms with van der Waals surface area (Å²) in [6.07, 6.45) is 3.34. The van der Waals surface area contributed by atoms with E-state index >= 15 is 0 Å². The zero-order valence-electron chi connectivity index (χ0n) is 11.8. The third-order valence-electron chi connectivity index (χ3n) is 5.09. The third kappa shape index (κ3) is 4.37. The molecule has 0 spiro atoms. The van der Waals surface area contributed by atoms with Gasteiger partial charge in [-0.15, -0.1) is 0 Å². The van der Waals surface area contributed by atoms with E-state index in [0.717, 1.165) is 18.9 Å². The van der Waals surface area contributed by atoms with Gasteiger partial charge in [0.1, 0.15) is 0 Å². The van der Waals surface area contributed by atoms with Gasteiger partial charge in [-0.05, 0) is 44.1 Å². The number of hydrogen-bond donors (Lipinski definition) is 1. The maximum Gasteiger partial charge on any atom is 0.391 e. The molecule has 19 heavy (non-hydrogen) atoms. The van der Waals surface area contributed by atoms with Crippen LogP contribution < -0.4 is 5.32 Å². The monoisotopic (exact) mass is 277 g/mol. The summed E-state index contributed by atoms with van der Waals surface area (Å²) in [6, 6.07) is 0.0782. The SMILES string of the molecule is CC1CCCCC1CNC1CCCC(C(F)(F)F)C1. The highest BCUT2D eigenvalue weighted by Crippen LogP contribution is 2.37. The Morgan fingerprint density at radius 2 is 1.74 bits per heavy atom. The molecule has 0 radical (unpaired) electrons. The Labute approximate surface area is 114 Å². The van der Waals surface area contributed by atoms with Crippen molar-refractivity contribution in [2.24, 2.45) is 17.8 Å². The van der Waals surface area contributed by atoms with Gasteiger partial charge in [0.25, 0.3) is 0 Å². The second-order valence-corrected chi connectivity index (χ2v) is 6.53. The fourth-order valence-corrected chi connectivity index (χ4v) is 3.69. The first-order valence-corrected chi connectivity index (χ1v) is 7.77. The van der Waals surface area contributed by atoms with Crippen LogP contribution in [0.25, 0.3) is 0 Å². The van der Waals surface area contributed by atoms with E-state index in [-0.39, 0.29) is 12.5 Å². The number of hydrogen-bond acceptors (Lipinski definition) is 1. The summed E-state index contributed by atoms with van der Waals surface area (Å²) < 4.78 is 38.2. The average Bonchev–Trinajstić information content (AvgIpc) is 2.37. The van der Waals surface area contributed by atoms with Crippen molar-refractivity contribution < 1.29 is 13.2 Å². The molecule has 0 heterocycles. The first-order valence-electron chi connectivity index (χ1n) is 7.77. The predicted molar refractivity (Wildman–Crippen MR) is 70.9 cm³/mol. The van der Waals surface area contributed by atoms with Gasteiger partial charge in [-0.1, -0.05) is 32.6 Å². The van der Waals surface area contributed by atoms with Crippen LogP contribution in [0, 0.1) is 17.8 Å². The lowest BCUT2D eigenvalue weighted by atomic mass is 9.79. The van der Waals surface area contributed by atoms with Gasteiger partial charge >= 0.3 is 6.18 Å². The van der Waals surface area contributed by atoms with Crippen molar-refractivity contribution in [3.63, 3.8) is 0 Å². The summed E-state index contributed by atoms with van der Waals surface area (Å²) in [6.45, 7) is 3.20. The third-order valence-corrected chi connectivity index (χ3v) is 5.09. The summed E-state index contributed by atoms with van der Waals surface area (Å²) in [7, 11) is 0. The van der Waals surface area contributed by atoms with E-state index in [1.807, 2.05) is 0 Å². The second-order valence-electron chi connectivity index (χ2n) is 6.53. The lowest BCUT2D eigenvalue weighted by Gasteiger charge is -2.34. The molecule has 112 valence electrons. The highest BCUT2D eigenvalue weighted by atomic mass is 19.4. The molecule has 0 bridgehead atoms. The van der Waals surface area contributed by atoms with Crippen LogP contribution in [0.15, 0.2) is 0 Å². The van der Waals surface area contributed by atoms with Crippen molar-refractivity contribution in [1.29, 1.82) is 0 Å². The lowest BCUT2D eigenvalue weighted by Crippen LogP contribution is -2.41. The molecule has 1 N–H and O–H groups in total. The molecule has 0 aromatic carbocycles. The van der Waals surface area contributed by atoms with Crippen LogP contribution in [0.3, 0.4) is 0 Å². The molecule has 0 aromatic heterocycles. The summed E-state index contributed by atoms with van der Waals surface area (Å²) in [5.41, 5.74) is 0. The Bertz CT molecular complexity index is 277. The fraction of sp³-hybridized carbons (Fsp3) is 1.00. The van der Waals surface area contributed by atoms with Gasteiger partial charge in [0.05, 0.1) is 5.92 Å². The summed E-state index contributed by atoms with van der Waals surface area (Å²) in [5, 5.41) is 3.42. The predicted octanol–water partition coefficient (Wildman–Crippen LogP) is 4.52. The van der Waals surface area contributed by atoms with Crippen molar-refractivity contribution in [2.75, 3.05) is 6.54 Å². The van der Waals surface area contributed by atoms with Crippen molar-refractivity contribution >= 4 is 0 Å². The van der Waals surface area contributed by atoms with Gasteiger partial charge < -0.3 is 5.32 Å². The minimum absolute atomic E-state index is 0.0782. The molecule has 2 saturated carbocycles. The molecular formula is C15H26F3N. The molecule has 0 aliphatic heterocycles. The maximum absolute atomic E-state index is 12.7. The number of rotatable bonds is 3. The molecule has 4 heteroatoms. The first-order chi connectivity index (χ1) is 8.97. The van der Waals surface area contributed by atoms with Gasteiger partial charge in [-0.25, -0.2) is 0 Å². The standard InChI is InChI=1S/C15H26F3N/c1-11-5-2-3-6-12(11)10-19-14-8-4-7-13(9-14)15(16,17)18/h11-14,19H,2-10H2,1H3. The maximum atomic E-state index is 12.7. The Morgan fingerprint density at radius 3 is 2.42 bits per heavy atom. The van der Waals surface area contributed by atoms with Crippen LogP contribution in [0.4, 0.5) is 13.2 Å². The van der Waals surface area contributed by atoms with Crippen LogP contribution in [0.1, 0.15) is 58.3 Å². The van der Waals surface area contributed by atoms with Crippen molar-refractivity contribution in [1.82, 2.24) is 5.32 Å². The minimum Gasteiger partial charge on any atom is -0.314 e. The van der Waals surface area contributed by atoms with E-state index in [1.54, 1.807) is 0 Å². The second kappa shape index (κ2) is 6.47. The summed E-state index contributed by atoms with van der Waals surface area (Å²) >= 11 is 0. The molecular weight excluding hydrogens is 251 g/mol. The van der Waals surface area contributed by atoms with Gasteiger partial charge in [0.2, 0.25) is 0 Å². The average molecular weight is 277 g/mol. The highest BCUT2D eigenvalue weighted by molar-refractivity contribution is 4.83. The zero-order valence-corrected chi connectivity index (χ0v) is 11.8. The lowest BCUT2D eigenvalue weighted by molar-refractivity contribution is -0.183. The van der Waals surface area contributed by atoms with Gasteiger partial charge in [0, 0.05) is 6.04 Å². The number of halogens is 3. The summed E-state index contributed by atoms with van der Waals surface area (Å²) in [4.78, 5) is 0. The molecule has 4 atom stereocenters. The topological polar surface area (TPSA) is 12.0 Å². The Kier molecular flexibility index (Phi) is 5.15. The molecule has 0 amide bonds. The quantitative estimate of drug-likeness (QED) is 0.799. The molecule has 2 fully saturated rings. The Balaban J connectivity index is 1.76. The van der Waals surface area contributed by atoms with Gasteiger partial charge in [0.15, 0.2) is 0 Å². The van der Waals surface area contributed by atoms with Crippen molar-refractivity contribution in [3.8, 4) is 0 Å². The van der Waals surface area contributed by atoms with E-state index in [0.29, 0.717) is 18.8 Å². The van der Waals surface area contributed by atoms with Crippen molar-refractivity contribution in [3.05, 3.63) is 0 Å². The van der Waals surface area contributed by atoms with Crippen LogP contribution in [-0.4, -0.2) is 18.8 Å². The zero-order chi connectivity index (χ0) is 13.9. The van der Waals surface area contributed by atoms with Crippen LogP contribution in [0.2, 0.25) is 0 Å². The molecule has 0 saturated heterocycles. The molecule has 0 aromatic rings. The molecule has 1 nitrogen and oxygen atoms in total. The van der Waals surface area contributed by atoms with E-state index in [4.69, 9.17) is 0 Å². The van der Waals surface area contributed by atoms with Crippen LogP contribution in [-0.2, 0) is 0 Å². The minimum atomic E-state index is -4.00. The Hall–Kier alpha value is -0.250. The highest BCUT2D eigenvalue weighted by Gasteiger charge is 2.42. The molecule has 4 unspecified atom stereocenters. The van der Waals surface area contributed by atoms with Gasteiger partial charge in [-0.2, -0.15) is 13.2 Å². The molecule has 2 aliphatic carbocycles. The Morgan fingerprint density at radius 1 is 1.00 bits per heavy atom. The molecule has 2 aliphatic rings.